The van der Waals surface area contributed by atoms with Crippen LogP contribution in [-0.4, -0.2) is 23.2 Å². The molecule has 0 bridgehead atoms. The van der Waals surface area contributed by atoms with Gasteiger partial charge in [-0.15, -0.1) is 0 Å². The summed E-state index contributed by atoms with van der Waals surface area (Å²) in [5.41, 5.74) is 1.08. The number of hydrogen-bond donors (Lipinski definition) is 1. The second kappa shape index (κ2) is 6.75. The molecule has 0 saturated heterocycles. The van der Waals surface area contributed by atoms with Gasteiger partial charge >= 0.3 is 0 Å². The number of halogens is 1. The summed E-state index contributed by atoms with van der Waals surface area (Å²) in [5.74, 6) is 0.893. The van der Waals surface area contributed by atoms with Crippen LogP contribution in [0.3, 0.4) is 0 Å². The molecule has 0 amide bonds. The summed E-state index contributed by atoms with van der Waals surface area (Å²) in [5, 5.41) is 4.58. The fourth-order valence-electron chi connectivity index (χ4n) is 2.04. The molecule has 0 aliphatic carbocycles. The fourth-order valence-corrected chi connectivity index (χ4v) is 2.39. The zero-order chi connectivity index (χ0) is 15.5. The normalized spacial score (nSPS) is 13.4. The summed E-state index contributed by atoms with van der Waals surface area (Å²) >= 11 is 3.45. The Hall–Kier alpha value is -1.13. The SMILES string of the molecule is CCC(CNC(C)(C)C)Oc1ccc2ncc(Br)cc2c1. The van der Waals surface area contributed by atoms with E-state index in [1.54, 1.807) is 0 Å². The first-order valence-corrected chi connectivity index (χ1v) is 8.13. The van der Waals surface area contributed by atoms with E-state index in [0.29, 0.717) is 0 Å². The zero-order valence-electron chi connectivity index (χ0n) is 13.1. The molecule has 3 nitrogen and oxygen atoms in total. The number of nitrogens with zero attached hydrogens (tertiary/aromatic N) is 1. The number of benzene rings is 1. The number of nitrogens with one attached hydrogen (secondary N) is 1. The van der Waals surface area contributed by atoms with Crippen LogP contribution < -0.4 is 10.1 Å². The van der Waals surface area contributed by atoms with E-state index in [-0.39, 0.29) is 11.6 Å². The molecule has 0 radical (unpaired) electrons. The van der Waals surface area contributed by atoms with Crippen molar-refractivity contribution in [2.24, 2.45) is 0 Å². The lowest BCUT2D eigenvalue weighted by molar-refractivity contribution is 0.181. The van der Waals surface area contributed by atoms with Crippen molar-refractivity contribution in [2.45, 2.75) is 45.8 Å². The summed E-state index contributed by atoms with van der Waals surface area (Å²) in [6.45, 7) is 9.49. The van der Waals surface area contributed by atoms with E-state index in [1.165, 1.54) is 0 Å². The molecule has 114 valence electrons. The van der Waals surface area contributed by atoms with Crippen LogP contribution in [0.1, 0.15) is 34.1 Å². The van der Waals surface area contributed by atoms with Gasteiger partial charge in [-0.2, -0.15) is 0 Å². The third-order valence-electron chi connectivity index (χ3n) is 3.24. The van der Waals surface area contributed by atoms with E-state index in [1.807, 2.05) is 24.4 Å². The van der Waals surface area contributed by atoms with Crippen LogP contribution in [0.25, 0.3) is 10.9 Å². The van der Waals surface area contributed by atoms with Crippen molar-refractivity contribution >= 4 is 26.8 Å². The molecule has 1 unspecified atom stereocenters. The van der Waals surface area contributed by atoms with Crippen LogP contribution in [0, 0.1) is 0 Å². The minimum Gasteiger partial charge on any atom is -0.489 e. The van der Waals surface area contributed by atoms with E-state index in [4.69, 9.17) is 4.74 Å². The highest BCUT2D eigenvalue weighted by Crippen LogP contribution is 2.23. The van der Waals surface area contributed by atoms with Crippen molar-refractivity contribution < 1.29 is 4.74 Å². The average Bonchev–Trinajstić information content (AvgIpc) is 2.42. The molecule has 0 aliphatic rings. The first kappa shape index (κ1) is 16.2. The number of fused-ring (bicyclic) bond motifs is 1. The van der Waals surface area contributed by atoms with Gasteiger partial charge in [-0.25, -0.2) is 0 Å². The second-order valence-electron chi connectivity index (χ2n) is 6.29. The van der Waals surface area contributed by atoms with Crippen molar-refractivity contribution in [1.29, 1.82) is 0 Å². The van der Waals surface area contributed by atoms with Crippen molar-refractivity contribution in [3.8, 4) is 5.75 Å². The predicted octanol–water partition coefficient (Wildman–Crippen LogP) is 4.54. The van der Waals surface area contributed by atoms with Gasteiger partial charge in [0.1, 0.15) is 11.9 Å². The highest BCUT2D eigenvalue weighted by atomic mass is 79.9. The van der Waals surface area contributed by atoms with E-state index in [2.05, 4.69) is 60.0 Å². The Morgan fingerprint density at radius 3 is 2.71 bits per heavy atom. The lowest BCUT2D eigenvalue weighted by Gasteiger charge is -2.25. The first-order chi connectivity index (χ1) is 9.87. The van der Waals surface area contributed by atoms with Crippen molar-refractivity contribution in [3.05, 3.63) is 34.9 Å². The molecule has 0 fully saturated rings. The highest BCUT2D eigenvalue weighted by molar-refractivity contribution is 9.10. The standard InChI is InChI=1S/C17H23BrN2O/c1-5-14(11-20-17(2,3)4)21-15-6-7-16-12(9-15)8-13(18)10-19-16/h6-10,14,20H,5,11H2,1-4H3. The Morgan fingerprint density at radius 2 is 2.05 bits per heavy atom. The monoisotopic (exact) mass is 350 g/mol. The first-order valence-electron chi connectivity index (χ1n) is 7.34. The molecule has 1 N–H and O–H groups in total. The van der Waals surface area contributed by atoms with Gasteiger partial charge in [-0.1, -0.05) is 6.92 Å². The van der Waals surface area contributed by atoms with Gasteiger partial charge in [0.05, 0.1) is 5.52 Å². The minimum atomic E-state index is 0.106. The van der Waals surface area contributed by atoms with Gasteiger partial charge in [0.25, 0.3) is 0 Å². The third kappa shape index (κ3) is 4.97. The van der Waals surface area contributed by atoms with Gasteiger partial charge < -0.3 is 10.1 Å². The third-order valence-corrected chi connectivity index (χ3v) is 3.67. The van der Waals surface area contributed by atoms with E-state index in [0.717, 1.165) is 34.1 Å². The van der Waals surface area contributed by atoms with E-state index >= 15 is 0 Å². The largest absolute Gasteiger partial charge is 0.489 e. The molecule has 2 rings (SSSR count). The van der Waals surface area contributed by atoms with Gasteiger partial charge in [0.2, 0.25) is 0 Å². The van der Waals surface area contributed by atoms with Crippen molar-refractivity contribution in [3.63, 3.8) is 0 Å². The molecule has 1 atom stereocenters. The highest BCUT2D eigenvalue weighted by Gasteiger charge is 2.14. The lowest BCUT2D eigenvalue weighted by atomic mass is 10.1. The van der Waals surface area contributed by atoms with E-state index in [9.17, 15) is 0 Å². The lowest BCUT2D eigenvalue weighted by Crippen LogP contribution is -2.42. The van der Waals surface area contributed by atoms with Crippen LogP contribution >= 0.6 is 15.9 Å². The van der Waals surface area contributed by atoms with Crippen LogP contribution in [0.5, 0.6) is 5.75 Å². The number of rotatable bonds is 5. The Bertz CT molecular complexity index is 607. The topological polar surface area (TPSA) is 34.1 Å². The van der Waals surface area contributed by atoms with Crippen molar-refractivity contribution in [2.75, 3.05) is 6.54 Å². The Balaban J connectivity index is 2.10. The van der Waals surface area contributed by atoms with Crippen LogP contribution in [0.15, 0.2) is 34.9 Å². The number of pyridine rings is 1. The Morgan fingerprint density at radius 1 is 1.29 bits per heavy atom. The molecule has 1 aromatic carbocycles. The zero-order valence-corrected chi connectivity index (χ0v) is 14.7. The second-order valence-corrected chi connectivity index (χ2v) is 7.20. The van der Waals surface area contributed by atoms with Crippen LogP contribution in [0.2, 0.25) is 0 Å². The summed E-state index contributed by atoms with van der Waals surface area (Å²) in [4.78, 5) is 4.38. The minimum absolute atomic E-state index is 0.106. The molecule has 0 saturated carbocycles. The van der Waals surface area contributed by atoms with Gasteiger partial charge in [-0.05, 0) is 67.4 Å². The van der Waals surface area contributed by atoms with Crippen LogP contribution in [-0.2, 0) is 0 Å². The van der Waals surface area contributed by atoms with E-state index < -0.39 is 0 Å². The molecular formula is C17H23BrN2O. The number of ether oxygens (including phenoxy) is 1. The molecular weight excluding hydrogens is 328 g/mol. The molecule has 1 heterocycles. The molecule has 0 aliphatic heterocycles. The summed E-state index contributed by atoms with van der Waals surface area (Å²) < 4.78 is 7.08. The summed E-state index contributed by atoms with van der Waals surface area (Å²) in [7, 11) is 0. The predicted molar refractivity (Wildman–Crippen MR) is 91.9 cm³/mol. The van der Waals surface area contributed by atoms with Crippen LogP contribution in [0.4, 0.5) is 0 Å². The van der Waals surface area contributed by atoms with Crippen molar-refractivity contribution in [1.82, 2.24) is 10.3 Å². The smallest absolute Gasteiger partial charge is 0.120 e. The number of hydrogen-bond acceptors (Lipinski definition) is 3. The summed E-state index contributed by atoms with van der Waals surface area (Å²) in [6.07, 6.45) is 2.95. The maximum absolute atomic E-state index is 6.10. The van der Waals surface area contributed by atoms with Gasteiger partial charge in [0, 0.05) is 28.1 Å². The molecule has 4 heteroatoms. The molecule has 0 spiro atoms. The van der Waals surface area contributed by atoms with Gasteiger partial charge in [0.15, 0.2) is 0 Å². The summed E-state index contributed by atoms with van der Waals surface area (Å²) in [6, 6.07) is 8.10. The Kier molecular flexibility index (Phi) is 5.22. The quantitative estimate of drug-likeness (QED) is 0.859. The fraction of sp³-hybridized carbons (Fsp3) is 0.471. The van der Waals surface area contributed by atoms with Gasteiger partial charge in [-0.3, -0.25) is 4.98 Å². The molecule has 21 heavy (non-hydrogen) atoms. The maximum Gasteiger partial charge on any atom is 0.120 e. The molecule has 1 aromatic heterocycles. The number of aromatic nitrogens is 1. The molecule has 2 aromatic rings. The maximum atomic E-state index is 6.10. The average molecular weight is 351 g/mol. The Labute approximate surface area is 135 Å².